The first-order valence-electron chi connectivity index (χ1n) is 10.2. The molecule has 0 saturated carbocycles. The molecule has 166 valence electrons. The van der Waals surface area contributed by atoms with Gasteiger partial charge in [0.15, 0.2) is 0 Å². The van der Waals surface area contributed by atoms with E-state index in [1.807, 2.05) is 37.3 Å². The number of nitrogens with zero attached hydrogens (tertiary/aromatic N) is 1. The quantitative estimate of drug-likeness (QED) is 0.552. The van der Waals surface area contributed by atoms with Crippen LogP contribution in [0.4, 0.5) is 0 Å². The van der Waals surface area contributed by atoms with Gasteiger partial charge in [0.2, 0.25) is 10.0 Å². The molecule has 0 saturated heterocycles. The molecule has 0 radical (unpaired) electrons. The largest absolute Gasteiger partial charge is 0.497 e. The number of ether oxygens (including phenoxy) is 1. The van der Waals surface area contributed by atoms with Crippen LogP contribution in [0, 0.1) is 18.8 Å². The van der Waals surface area contributed by atoms with E-state index in [2.05, 4.69) is 11.8 Å². The summed E-state index contributed by atoms with van der Waals surface area (Å²) in [5.74, 6) is 6.39. The van der Waals surface area contributed by atoms with E-state index in [1.54, 1.807) is 62.6 Å². The first-order chi connectivity index (χ1) is 15.2. The van der Waals surface area contributed by atoms with Crippen molar-refractivity contribution in [3.8, 4) is 17.6 Å². The highest BCUT2D eigenvalue weighted by Crippen LogP contribution is 2.21. The van der Waals surface area contributed by atoms with Crippen molar-refractivity contribution in [2.75, 3.05) is 13.7 Å². The van der Waals surface area contributed by atoms with Crippen LogP contribution in [0.5, 0.6) is 5.75 Å². The first kappa shape index (κ1) is 23.6. The topological polar surface area (TPSA) is 66.8 Å². The Balaban J connectivity index is 1.90. The van der Waals surface area contributed by atoms with Gasteiger partial charge in [-0.15, -0.1) is 0 Å². The molecule has 0 aliphatic heterocycles. The lowest BCUT2D eigenvalue weighted by atomic mass is 9.97. The molecule has 0 amide bonds. The van der Waals surface area contributed by atoms with E-state index in [0.29, 0.717) is 11.3 Å². The standard InChI is InChI=1S/C26H27NO4S/c1-21-10-16-25(17-11-21)32(29,30)27(20-22-12-14-24(31-3)15-13-22)19-7-18-26(2,28)23-8-5-4-6-9-23/h4-6,8-17,28H,19-20H2,1-3H3. The molecule has 1 N–H and O–H groups in total. The summed E-state index contributed by atoms with van der Waals surface area (Å²) in [6, 6.07) is 23.0. The Morgan fingerprint density at radius 2 is 1.59 bits per heavy atom. The van der Waals surface area contributed by atoms with Crippen molar-refractivity contribution in [2.45, 2.75) is 30.9 Å². The van der Waals surface area contributed by atoms with Crippen LogP contribution in [0.1, 0.15) is 23.6 Å². The van der Waals surface area contributed by atoms with Crippen molar-refractivity contribution in [1.82, 2.24) is 4.31 Å². The second-order valence-corrected chi connectivity index (χ2v) is 9.61. The van der Waals surface area contributed by atoms with Gasteiger partial charge in [-0.1, -0.05) is 72.0 Å². The van der Waals surface area contributed by atoms with Crippen molar-refractivity contribution in [2.24, 2.45) is 0 Å². The van der Waals surface area contributed by atoms with Gasteiger partial charge in [-0.25, -0.2) is 8.42 Å². The van der Waals surface area contributed by atoms with Gasteiger partial charge in [-0.2, -0.15) is 4.31 Å². The monoisotopic (exact) mass is 449 g/mol. The van der Waals surface area contributed by atoms with Crippen molar-refractivity contribution in [3.63, 3.8) is 0 Å². The normalized spacial score (nSPS) is 13.2. The predicted octanol–water partition coefficient (Wildman–Crippen LogP) is 4.11. The van der Waals surface area contributed by atoms with Crippen LogP contribution in [0.3, 0.4) is 0 Å². The lowest BCUT2D eigenvalue weighted by Crippen LogP contribution is -2.31. The van der Waals surface area contributed by atoms with Crippen LogP contribution >= 0.6 is 0 Å². The zero-order chi connectivity index (χ0) is 23.2. The van der Waals surface area contributed by atoms with E-state index in [-0.39, 0.29) is 18.0 Å². The van der Waals surface area contributed by atoms with Crippen LogP contribution in [-0.2, 0) is 22.2 Å². The van der Waals surface area contributed by atoms with E-state index < -0.39 is 15.6 Å². The summed E-state index contributed by atoms with van der Waals surface area (Å²) in [4.78, 5) is 0.202. The Morgan fingerprint density at radius 3 is 2.19 bits per heavy atom. The number of methoxy groups -OCH3 is 1. The third-order valence-electron chi connectivity index (χ3n) is 5.10. The minimum absolute atomic E-state index is 0.0643. The summed E-state index contributed by atoms with van der Waals surface area (Å²) >= 11 is 0. The van der Waals surface area contributed by atoms with Gasteiger partial charge in [0.05, 0.1) is 18.6 Å². The predicted molar refractivity (Wildman–Crippen MR) is 126 cm³/mol. The van der Waals surface area contributed by atoms with E-state index >= 15 is 0 Å². The van der Waals surface area contributed by atoms with Gasteiger partial charge < -0.3 is 9.84 Å². The van der Waals surface area contributed by atoms with Gasteiger partial charge in [-0.05, 0) is 49.2 Å². The summed E-state index contributed by atoms with van der Waals surface area (Å²) in [5, 5.41) is 10.7. The average Bonchev–Trinajstić information content (AvgIpc) is 2.79. The van der Waals surface area contributed by atoms with Crippen molar-refractivity contribution >= 4 is 10.0 Å². The second-order valence-electron chi connectivity index (χ2n) is 7.67. The maximum absolute atomic E-state index is 13.4. The van der Waals surface area contributed by atoms with Gasteiger partial charge in [0.1, 0.15) is 11.4 Å². The number of sulfonamides is 1. The highest BCUT2D eigenvalue weighted by molar-refractivity contribution is 7.89. The van der Waals surface area contributed by atoms with E-state index in [0.717, 1.165) is 11.1 Å². The molecule has 3 rings (SSSR count). The molecule has 32 heavy (non-hydrogen) atoms. The molecular weight excluding hydrogens is 422 g/mol. The summed E-state index contributed by atoms with van der Waals surface area (Å²) in [7, 11) is -2.22. The number of benzene rings is 3. The summed E-state index contributed by atoms with van der Waals surface area (Å²) in [6.45, 7) is 3.58. The van der Waals surface area contributed by atoms with Gasteiger partial charge in [0.25, 0.3) is 0 Å². The number of rotatable bonds is 7. The summed E-state index contributed by atoms with van der Waals surface area (Å²) in [5.41, 5.74) is 1.04. The third kappa shape index (κ3) is 5.77. The zero-order valence-electron chi connectivity index (χ0n) is 18.4. The summed E-state index contributed by atoms with van der Waals surface area (Å²) in [6.07, 6.45) is 0. The fourth-order valence-electron chi connectivity index (χ4n) is 3.15. The molecule has 3 aromatic carbocycles. The molecule has 1 unspecified atom stereocenters. The molecule has 0 aliphatic carbocycles. The maximum Gasteiger partial charge on any atom is 0.244 e. The second kappa shape index (κ2) is 10.0. The fraction of sp³-hybridized carbons (Fsp3) is 0.231. The Kier molecular flexibility index (Phi) is 7.37. The molecule has 3 aromatic rings. The molecule has 0 bridgehead atoms. The Morgan fingerprint density at radius 1 is 0.969 bits per heavy atom. The number of aryl methyl sites for hydroxylation is 1. The molecule has 6 heteroatoms. The minimum Gasteiger partial charge on any atom is -0.497 e. The highest BCUT2D eigenvalue weighted by atomic mass is 32.2. The Bertz CT molecular complexity index is 1190. The molecule has 0 spiro atoms. The minimum atomic E-state index is -3.80. The Labute approximate surface area is 190 Å². The maximum atomic E-state index is 13.4. The summed E-state index contributed by atoms with van der Waals surface area (Å²) < 4.78 is 33.2. The van der Waals surface area contributed by atoms with Crippen molar-refractivity contribution < 1.29 is 18.3 Å². The number of hydrogen-bond acceptors (Lipinski definition) is 4. The van der Waals surface area contributed by atoms with Crippen molar-refractivity contribution in [3.05, 3.63) is 95.6 Å². The van der Waals surface area contributed by atoms with Crippen LogP contribution in [0.2, 0.25) is 0 Å². The van der Waals surface area contributed by atoms with Gasteiger partial charge in [-0.3, -0.25) is 0 Å². The molecule has 0 aromatic heterocycles. The van der Waals surface area contributed by atoms with E-state index in [4.69, 9.17) is 4.74 Å². The molecule has 0 aliphatic rings. The first-order valence-corrected chi connectivity index (χ1v) is 11.6. The van der Waals surface area contributed by atoms with Crippen LogP contribution < -0.4 is 4.74 Å². The van der Waals surface area contributed by atoms with E-state index in [9.17, 15) is 13.5 Å². The smallest absolute Gasteiger partial charge is 0.244 e. The van der Waals surface area contributed by atoms with Crippen LogP contribution in [0.15, 0.2) is 83.8 Å². The van der Waals surface area contributed by atoms with Crippen LogP contribution in [0.25, 0.3) is 0 Å². The number of hydrogen-bond donors (Lipinski definition) is 1. The molecule has 0 fully saturated rings. The fourth-order valence-corrected chi connectivity index (χ4v) is 4.49. The van der Waals surface area contributed by atoms with Crippen molar-refractivity contribution in [1.29, 1.82) is 0 Å². The Hall–Kier alpha value is -3.11. The zero-order valence-corrected chi connectivity index (χ0v) is 19.3. The molecule has 1 atom stereocenters. The van der Waals surface area contributed by atoms with Crippen LogP contribution in [-0.4, -0.2) is 31.5 Å². The molecule has 5 nitrogen and oxygen atoms in total. The lowest BCUT2D eigenvalue weighted by Gasteiger charge is -2.21. The highest BCUT2D eigenvalue weighted by Gasteiger charge is 2.25. The third-order valence-corrected chi connectivity index (χ3v) is 6.91. The van der Waals surface area contributed by atoms with Gasteiger partial charge >= 0.3 is 0 Å². The SMILES string of the molecule is COc1ccc(CN(CC#CC(C)(O)c2ccccc2)S(=O)(=O)c2ccc(C)cc2)cc1. The van der Waals surface area contributed by atoms with E-state index in [1.165, 1.54) is 4.31 Å². The number of aliphatic hydroxyl groups is 1. The molecule has 0 heterocycles. The molecular formula is C26H27NO4S. The lowest BCUT2D eigenvalue weighted by molar-refractivity contribution is 0.122. The average molecular weight is 450 g/mol. The van der Waals surface area contributed by atoms with Gasteiger partial charge in [0, 0.05) is 6.54 Å².